The maximum absolute atomic E-state index is 3.38. The molecule has 0 unspecified atom stereocenters. The van der Waals surface area contributed by atoms with Gasteiger partial charge in [-0.15, -0.1) is 0 Å². The van der Waals surface area contributed by atoms with E-state index in [1.165, 1.54) is 106 Å². The summed E-state index contributed by atoms with van der Waals surface area (Å²) in [7, 11) is 6.23. The van der Waals surface area contributed by atoms with Crippen molar-refractivity contribution in [1.29, 1.82) is 0 Å². The number of nitrogens with one attached hydrogen (secondary N) is 1. The van der Waals surface area contributed by atoms with E-state index in [4.69, 9.17) is 0 Å². The van der Waals surface area contributed by atoms with Crippen molar-refractivity contribution in [2.45, 2.75) is 43.9 Å². The van der Waals surface area contributed by atoms with Gasteiger partial charge in [-0.2, -0.15) is 0 Å². The van der Waals surface area contributed by atoms with Gasteiger partial charge in [0.2, 0.25) is 0 Å². The summed E-state index contributed by atoms with van der Waals surface area (Å²) in [5, 5.41) is 3.38. The number of anilines is 2. The number of nitrogens with zero attached hydrogens (tertiary/aromatic N) is 1. The molecule has 2 heteroatoms. The third-order valence-corrected chi connectivity index (χ3v) is 14.4. The van der Waals surface area contributed by atoms with E-state index >= 15 is 0 Å². The monoisotopic (exact) mass is 774 g/mol. The molecule has 60 heavy (non-hydrogen) atoms. The normalized spacial score (nSPS) is 15.3. The molecule has 0 amide bonds. The van der Waals surface area contributed by atoms with Crippen LogP contribution in [0.5, 0.6) is 0 Å². The maximum Gasteiger partial charge on any atom is 0.0714 e. The number of hydrogen-bond acceptors (Lipinski definition) is 2. The van der Waals surface area contributed by atoms with Gasteiger partial charge in [0.1, 0.15) is 0 Å². The van der Waals surface area contributed by atoms with Crippen LogP contribution in [0.25, 0.3) is 55.6 Å². The summed E-state index contributed by atoms with van der Waals surface area (Å²) in [6.07, 6.45) is 0. The van der Waals surface area contributed by atoms with E-state index in [1.807, 2.05) is 7.05 Å². The van der Waals surface area contributed by atoms with Crippen molar-refractivity contribution in [3.8, 4) is 55.6 Å². The van der Waals surface area contributed by atoms with E-state index in [0.29, 0.717) is 0 Å². The first-order valence-electron chi connectivity index (χ1n) is 21.4. The van der Waals surface area contributed by atoms with Gasteiger partial charge in [0, 0.05) is 43.3 Å². The third-order valence-electron chi connectivity index (χ3n) is 14.4. The van der Waals surface area contributed by atoms with Crippen LogP contribution in [0.15, 0.2) is 170 Å². The second kappa shape index (κ2) is 12.9. The fourth-order valence-electron chi connectivity index (χ4n) is 11.1. The Morgan fingerprint density at radius 3 is 1.12 bits per heavy atom. The van der Waals surface area contributed by atoms with Crippen molar-refractivity contribution in [1.82, 2.24) is 0 Å². The molecule has 0 saturated carbocycles. The molecule has 3 aliphatic carbocycles. The molecule has 2 nitrogen and oxygen atoms in total. The maximum atomic E-state index is 3.38. The molecule has 1 N–H and O–H groups in total. The van der Waals surface area contributed by atoms with Crippen molar-refractivity contribution in [2.75, 3.05) is 31.4 Å². The highest BCUT2D eigenvalue weighted by atomic mass is 15.1. The summed E-state index contributed by atoms with van der Waals surface area (Å²) < 4.78 is 0. The van der Waals surface area contributed by atoms with E-state index in [9.17, 15) is 0 Å². The molecule has 0 saturated heterocycles. The fraction of sp³-hybridized carbons (Fsp3) is 0.172. The highest BCUT2D eigenvalue weighted by Gasteiger charge is 2.47. The van der Waals surface area contributed by atoms with Gasteiger partial charge in [-0.1, -0.05) is 149 Å². The van der Waals surface area contributed by atoms with Gasteiger partial charge in [0.15, 0.2) is 0 Å². The van der Waals surface area contributed by atoms with Crippen LogP contribution in [0.1, 0.15) is 72.2 Å². The summed E-state index contributed by atoms with van der Waals surface area (Å²) in [5.41, 5.74) is 25.2. The van der Waals surface area contributed by atoms with Gasteiger partial charge < -0.3 is 10.2 Å². The Hall–Kier alpha value is -6.64. The van der Waals surface area contributed by atoms with Gasteiger partial charge in [-0.25, -0.2) is 0 Å². The number of hydrogen-bond donors (Lipinski definition) is 1. The van der Waals surface area contributed by atoms with E-state index in [2.05, 4.69) is 222 Å². The predicted molar refractivity (Wildman–Crippen MR) is 254 cm³/mol. The second-order valence-electron chi connectivity index (χ2n) is 18.4. The highest BCUT2D eigenvalue weighted by Crippen LogP contribution is 2.59. The molecule has 8 aromatic rings. The Balaban J connectivity index is 1.14. The largest absolute Gasteiger partial charge is 0.388 e. The molecule has 0 radical (unpaired) electrons. The van der Waals surface area contributed by atoms with Crippen LogP contribution in [0.3, 0.4) is 0 Å². The highest BCUT2D eigenvalue weighted by molar-refractivity contribution is 5.92. The average molecular weight is 775 g/mol. The first-order valence-corrected chi connectivity index (χ1v) is 21.4. The predicted octanol–water partition coefficient (Wildman–Crippen LogP) is 14.1. The molecule has 0 fully saturated rings. The van der Waals surface area contributed by atoms with Gasteiger partial charge in [-0.3, -0.25) is 0 Å². The standard InChI is InChI=1S/C58H50N2/c1-56(2)50-14-10-8-12-44(50)46-28-16-36(32-52(46)56)38-18-30-48-49-31-19-39(37-17-29-47-45-13-9-11-15-51(45)57(3,4)53(47)33-37)35-55(49)58(54(48)34-38,40-20-24-42(59-5)25-21-40)41-22-26-43(27-23-41)60(6)7/h8-35,59H,1-7H3. The van der Waals surface area contributed by atoms with Gasteiger partial charge >= 0.3 is 0 Å². The molecule has 0 spiro atoms. The molecule has 8 aromatic carbocycles. The lowest BCUT2D eigenvalue weighted by Gasteiger charge is -2.35. The summed E-state index contributed by atoms with van der Waals surface area (Å²) in [6.45, 7) is 9.49. The molecular weight excluding hydrogens is 725 g/mol. The van der Waals surface area contributed by atoms with Crippen molar-refractivity contribution in [3.63, 3.8) is 0 Å². The average Bonchev–Trinajstić information content (AvgIpc) is 3.80. The van der Waals surface area contributed by atoms with Crippen LogP contribution >= 0.6 is 0 Å². The molecular formula is C58H50N2. The molecule has 0 atom stereocenters. The van der Waals surface area contributed by atoms with E-state index < -0.39 is 5.41 Å². The van der Waals surface area contributed by atoms with Crippen LogP contribution in [0, 0.1) is 0 Å². The van der Waals surface area contributed by atoms with Crippen LogP contribution in [-0.4, -0.2) is 21.1 Å². The Bertz CT molecular complexity index is 2880. The van der Waals surface area contributed by atoms with Crippen LogP contribution in [-0.2, 0) is 16.2 Å². The summed E-state index contributed by atoms with van der Waals surface area (Å²) in [4.78, 5) is 2.19. The number of fused-ring (bicyclic) bond motifs is 9. The molecule has 0 bridgehead atoms. The second-order valence-corrected chi connectivity index (χ2v) is 18.4. The molecule has 0 aromatic heterocycles. The number of rotatable bonds is 6. The minimum absolute atomic E-state index is 0.0755. The molecule has 11 rings (SSSR count). The lowest BCUT2D eigenvalue weighted by Crippen LogP contribution is -2.29. The first kappa shape index (κ1) is 36.4. The van der Waals surface area contributed by atoms with Crippen LogP contribution in [0.4, 0.5) is 11.4 Å². The van der Waals surface area contributed by atoms with Gasteiger partial charge in [0.05, 0.1) is 5.41 Å². The topological polar surface area (TPSA) is 15.3 Å². The smallest absolute Gasteiger partial charge is 0.0714 e. The quantitative estimate of drug-likeness (QED) is 0.181. The minimum atomic E-state index is -0.577. The zero-order valence-electron chi connectivity index (χ0n) is 35.6. The molecule has 292 valence electrons. The SMILES string of the molecule is CNc1ccc(C2(c3ccc(N(C)C)cc3)c3cc(-c4ccc5c(c4)C(C)(C)c4ccccc4-5)ccc3-c3ccc(-c4ccc5c(c4)C(C)(C)c4ccccc4-5)cc32)cc1. The Kier molecular flexibility index (Phi) is 7.85. The van der Waals surface area contributed by atoms with Gasteiger partial charge in [0.25, 0.3) is 0 Å². The van der Waals surface area contributed by atoms with Gasteiger partial charge in [-0.05, 0) is 149 Å². The number of benzene rings is 8. The van der Waals surface area contributed by atoms with E-state index in [-0.39, 0.29) is 10.8 Å². The molecule has 0 heterocycles. The summed E-state index contributed by atoms with van der Waals surface area (Å²) in [6, 6.07) is 65.1. The zero-order chi connectivity index (χ0) is 41.1. The third kappa shape index (κ3) is 5.00. The van der Waals surface area contributed by atoms with Crippen molar-refractivity contribution in [3.05, 3.63) is 214 Å². The Morgan fingerprint density at radius 1 is 0.367 bits per heavy atom. The van der Waals surface area contributed by atoms with Crippen LogP contribution < -0.4 is 10.2 Å². The van der Waals surface area contributed by atoms with Crippen molar-refractivity contribution >= 4 is 11.4 Å². The summed E-state index contributed by atoms with van der Waals surface area (Å²) >= 11 is 0. The lowest BCUT2D eigenvalue weighted by molar-refractivity contribution is 0.660. The lowest BCUT2D eigenvalue weighted by atomic mass is 9.67. The van der Waals surface area contributed by atoms with E-state index in [1.54, 1.807) is 0 Å². The van der Waals surface area contributed by atoms with Crippen LogP contribution in [0.2, 0.25) is 0 Å². The fourth-order valence-corrected chi connectivity index (χ4v) is 11.1. The Morgan fingerprint density at radius 2 is 0.717 bits per heavy atom. The van der Waals surface area contributed by atoms with Crippen molar-refractivity contribution in [2.24, 2.45) is 0 Å². The minimum Gasteiger partial charge on any atom is -0.388 e. The van der Waals surface area contributed by atoms with Crippen molar-refractivity contribution < 1.29 is 0 Å². The first-order chi connectivity index (χ1) is 29.0. The van der Waals surface area contributed by atoms with E-state index in [0.717, 1.165) is 5.69 Å². The Labute approximate surface area is 355 Å². The molecule has 0 aliphatic heterocycles. The zero-order valence-corrected chi connectivity index (χ0v) is 35.6. The summed E-state index contributed by atoms with van der Waals surface area (Å²) in [5.74, 6) is 0. The molecule has 3 aliphatic rings.